The van der Waals surface area contributed by atoms with E-state index in [0.717, 1.165) is 25.1 Å². The second kappa shape index (κ2) is 10.6. The van der Waals surface area contributed by atoms with Gasteiger partial charge in [0.1, 0.15) is 5.82 Å². The summed E-state index contributed by atoms with van der Waals surface area (Å²) in [5.41, 5.74) is 4.44. The van der Waals surface area contributed by atoms with Crippen LogP contribution < -0.4 is 16.0 Å². The lowest BCUT2D eigenvalue weighted by atomic mass is 9.98. The van der Waals surface area contributed by atoms with Crippen LogP contribution >= 0.6 is 15.9 Å². The summed E-state index contributed by atoms with van der Waals surface area (Å²) in [4.78, 5) is 35.3. The molecule has 1 aliphatic heterocycles. The fraction of sp³-hybridized carbons (Fsp3) is 0.280. The van der Waals surface area contributed by atoms with E-state index in [2.05, 4.69) is 54.0 Å². The Bertz CT molecular complexity index is 1220. The van der Waals surface area contributed by atoms with Crippen LogP contribution in [0.1, 0.15) is 41.3 Å². The third-order valence-corrected chi connectivity index (χ3v) is 6.27. The summed E-state index contributed by atoms with van der Waals surface area (Å²) in [6.07, 6.45) is 3.95. The van der Waals surface area contributed by atoms with E-state index in [1.807, 2.05) is 36.1 Å². The number of para-hydroxylation sites is 1. The van der Waals surface area contributed by atoms with Gasteiger partial charge in [-0.05, 0) is 64.2 Å². The third kappa shape index (κ3) is 5.36. The van der Waals surface area contributed by atoms with Crippen molar-refractivity contribution in [3.63, 3.8) is 0 Å². The number of carbonyl (C=O) groups excluding carboxylic acids is 2. The van der Waals surface area contributed by atoms with E-state index in [0.29, 0.717) is 40.5 Å². The number of hydrogen-bond acceptors (Lipinski definition) is 6. The fourth-order valence-electron chi connectivity index (χ4n) is 3.91. The Morgan fingerprint density at radius 3 is 2.74 bits per heavy atom. The topological polar surface area (TPSA) is 99.3 Å². The van der Waals surface area contributed by atoms with Crippen LogP contribution in [0, 0.1) is 0 Å². The van der Waals surface area contributed by atoms with Gasteiger partial charge < -0.3 is 20.9 Å². The zero-order valence-corrected chi connectivity index (χ0v) is 20.8. The Morgan fingerprint density at radius 2 is 1.94 bits per heavy atom. The highest BCUT2D eigenvalue weighted by molar-refractivity contribution is 9.10. The van der Waals surface area contributed by atoms with E-state index in [4.69, 9.17) is 0 Å². The first-order valence-electron chi connectivity index (χ1n) is 11.3. The van der Waals surface area contributed by atoms with E-state index in [1.165, 1.54) is 11.1 Å². The summed E-state index contributed by atoms with van der Waals surface area (Å²) in [6.45, 7) is 3.42. The smallest absolute Gasteiger partial charge is 0.253 e. The average Bonchev–Trinajstić information content (AvgIpc) is 2.85. The van der Waals surface area contributed by atoms with Crippen molar-refractivity contribution in [1.29, 1.82) is 0 Å². The van der Waals surface area contributed by atoms with Crippen molar-refractivity contribution in [3.8, 4) is 0 Å². The van der Waals surface area contributed by atoms with Gasteiger partial charge >= 0.3 is 0 Å². The number of nitrogens with one attached hydrogen (secondary N) is 3. The molecule has 0 saturated heterocycles. The van der Waals surface area contributed by atoms with Gasteiger partial charge in [-0.3, -0.25) is 9.59 Å². The number of amides is 2. The number of carbonyl (C=O) groups is 2. The summed E-state index contributed by atoms with van der Waals surface area (Å²) in [6, 6.07) is 13.4. The summed E-state index contributed by atoms with van der Waals surface area (Å²) < 4.78 is 0.673. The lowest BCUT2D eigenvalue weighted by Crippen LogP contribution is -2.35. The van der Waals surface area contributed by atoms with Gasteiger partial charge in [-0.25, -0.2) is 4.98 Å². The first-order chi connectivity index (χ1) is 16.5. The van der Waals surface area contributed by atoms with E-state index >= 15 is 0 Å². The van der Waals surface area contributed by atoms with Crippen LogP contribution in [0.25, 0.3) is 0 Å². The van der Waals surface area contributed by atoms with Gasteiger partial charge in [0.25, 0.3) is 5.91 Å². The van der Waals surface area contributed by atoms with Gasteiger partial charge in [0, 0.05) is 38.4 Å². The third-order valence-electron chi connectivity index (χ3n) is 5.69. The minimum absolute atomic E-state index is 0.185. The molecule has 3 N–H and O–H groups in total. The first-order valence-corrected chi connectivity index (χ1v) is 12.0. The van der Waals surface area contributed by atoms with Gasteiger partial charge in [-0.1, -0.05) is 25.1 Å². The van der Waals surface area contributed by atoms with Gasteiger partial charge in [-0.2, -0.15) is 4.98 Å². The molecule has 34 heavy (non-hydrogen) atoms. The van der Waals surface area contributed by atoms with Crippen molar-refractivity contribution >= 4 is 50.9 Å². The SMILES string of the molecule is CCCC(=O)N1CCc2cc(Nc3ncc(Br)c(Nc4ccccc4C(=O)NC)n3)ccc2C1. The average molecular weight is 523 g/mol. The van der Waals surface area contributed by atoms with Crippen molar-refractivity contribution in [2.24, 2.45) is 0 Å². The zero-order valence-electron chi connectivity index (χ0n) is 19.2. The van der Waals surface area contributed by atoms with E-state index in [1.54, 1.807) is 19.3 Å². The second-order valence-corrected chi connectivity index (χ2v) is 8.92. The molecule has 0 bridgehead atoms. The van der Waals surface area contributed by atoms with Gasteiger partial charge in [0.05, 0.1) is 15.7 Å². The molecule has 1 aliphatic rings. The summed E-state index contributed by atoms with van der Waals surface area (Å²) in [5, 5.41) is 9.14. The Labute approximate surface area is 207 Å². The predicted molar refractivity (Wildman–Crippen MR) is 137 cm³/mol. The summed E-state index contributed by atoms with van der Waals surface area (Å²) in [7, 11) is 1.60. The molecule has 1 aromatic heterocycles. The van der Waals surface area contributed by atoms with Gasteiger partial charge in [0.2, 0.25) is 11.9 Å². The molecule has 2 aromatic carbocycles. The van der Waals surface area contributed by atoms with Crippen molar-refractivity contribution in [2.45, 2.75) is 32.7 Å². The van der Waals surface area contributed by atoms with Crippen LogP contribution in [-0.2, 0) is 17.8 Å². The van der Waals surface area contributed by atoms with E-state index in [9.17, 15) is 9.59 Å². The molecule has 4 rings (SSSR count). The Hall–Kier alpha value is -3.46. The molecule has 0 spiro atoms. The number of fused-ring (bicyclic) bond motifs is 1. The molecule has 0 fully saturated rings. The molecule has 2 amide bonds. The molecule has 0 saturated carbocycles. The second-order valence-electron chi connectivity index (χ2n) is 8.06. The first kappa shape index (κ1) is 23.7. The molecule has 0 atom stereocenters. The van der Waals surface area contributed by atoms with Crippen LogP contribution in [0.15, 0.2) is 53.1 Å². The molecular formula is C25H27BrN6O2. The number of rotatable bonds is 7. The summed E-state index contributed by atoms with van der Waals surface area (Å²) in [5.74, 6) is 1.00. The highest BCUT2D eigenvalue weighted by Gasteiger charge is 2.20. The lowest BCUT2D eigenvalue weighted by Gasteiger charge is -2.29. The van der Waals surface area contributed by atoms with Crippen LogP contribution in [0.4, 0.5) is 23.1 Å². The minimum Gasteiger partial charge on any atom is -0.355 e. The normalized spacial score (nSPS) is 12.6. The summed E-state index contributed by atoms with van der Waals surface area (Å²) >= 11 is 3.48. The Kier molecular flexibility index (Phi) is 7.42. The van der Waals surface area contributed by atoms with Crippen LogP contribution in [0.5, 0.6) is 0 Å². The van der Waals surface area contributed by atoms with Crippen molar-refractivity contribution in [2.75, 3.05) is 24.2 Å². The number of anilines is 4. The highest BCUT2D eigenvalue weighted by Crippen LogP contribution is 2.28. The molecule has 2 heterocycles. The van der Waals surface area contributed by atoms with Crippen LogP contribution in [0.2, 0.25) is 0 Å². The largest absolute Gasteiger partial charge is 0.355 e. The maximum absolute atomic E-state index is 12.2. The van der Waals surface area contributed by atoms with E-state index < -0.39 is 0 Å². The number of benzene rings is 2. The van der Waals surface area contributed by atoms with Crippen LogP contribution in [-0.4, -0.2) is 40.3 Å². The van der Waals surface area contributed by atoms with Crippen molar-refractivity contribution in [1.82, 2.24) is 20.2 Å². The molecular weight excluding hydrogens is 496 g/mol. The predicted octanol–water partition coefficient (Wildman–Crippen LogP) is 4.77. The molecule has 176 valence electrons. The maximum Gasteiger partial charge on any atom is 0.253 e. The molecule has 8 nitrogen and oxygen atoms in total. The van der Waals surface area contributed by atoms with Crippen LogP contribution in [0.3, 0.4) is 0 Å². The number of halogens is 1. The monoisotopic (exact) mass is 522 g/mol. The minimum atomic E-state index is -0.185. The van der Waals surface area contributed by atoms with E-state index in [-0.39, 0.29) is 11.8 Å². The van der Waals surface area contributed by atoms with Gasteiger partial charge in [0.15, 0.2) is 0 Å². The van der Waals surface area contributed by atoms with Crippen molar-refractivity contribution in [3.05, 3.63) is 69.8 Å². The molecule has 0 aliphatic carbocycles. The number of hydrogen-bond donors (Lipinski definition) is 3. The fourth-order valence-corrected chi connectivity index (χ4v) is 4.20. The molecule has 9 heteroatoms. The zero-order chi connectivity index (χ0) is 24.1. The molecule has 3 aromatic rings. The Balaban J connectivity index is 1.51. The quantitative estimate of drug-likeness (QED) is 0.413. The number of aromatic nitrogens is 2. The lowest BCUT2D eigenvalue weighted by molar-refractivity contribution is -0.132. The maximum atomic E-state index is 12.2. The Morgan fingerprint density at radius 1 is 1.12 bits per heavy atom. The standard InChI is InChI=1S/C25H27BrN6O2/c1-3-6-22(33)32-12-11-16-13-18(10-9-17(16)15-32)29-25-28-14-20(26)23(31-25)30-21-8-5-4-7-19(21)24(34)27-2/h4-5,7-10,13-14H,3,6,11-12,15H2,1-2H3,(H,27,34)(H2,28,29,30,31). The highest BCUT2D eigenvalue weighted by atomic mass is 79.9. The van der Waals surface area contributed by atoms with Gasteiger partial charge in [-0.15, -0.1) is 0 Å². The molecule has 0 radical (unpaired) electrons. The molecule has 0 unspecified atom stereocenters. The number of nitrogens with zero attached hydrogens (tertiary/aromatic N) is 3. The van der Waals surface area contributed by atoms with Crippen molar-refractivity contribution < 1.29 is 9.59 Å².